The molecule has 1 saturated carbocycles. The molecule has 0 aromatic heterocycles. The molecular formula is C12H26N2O2S. The second-order valence-corrected chi connectivity index (χ2v) is 7.44. The molecular weight excluding hydrogens is 236 g/mol. The molecule has 17 heavy (non-hydrogen) atoms. The van der Waals surface area contributed by atoms with Crippen LogP contribution in [0.3, 0.4) is 0 Å². The molecule has 1 fully saturated rings. The Kier molecular flexibility index (Phi) is 6.44. The lowest BCUT2D eigenvalue weighted by atomic mass is 9.87. The van der Waals surface area contributed by atoms with Gasteiger partial charge in [-0.25, -0.2) is 12.7 Å². The molecule has 4 nitrogen and oxygen atoms in total. The van der Waals surface area contributed by atoms with Crippen molar-refractivity contribution in [3.05, 3.63) is 0 Å². The monoisotopic (exact) mass is 262 g/mol. The maximum absolute atomic E-state index is 11.5. The molecule has 0 aliphatic heterocycles. The van der Waals surface area contributed by atoms with Crippen LogP contribution in [0.5, 0.6) is 0 Å². The van der Waals surface area contributed by atoms with Gasteiger partial charge in [-0.3, -0.25) is 0 Å². The van der Waals surface area contributed by atoms with Crippen LogP contribution in [-0.2, 0) is 10.0 Å². The van der Waals surface area contributed by atoms with Gasteiger partial charge in [-0.1, -0.05) is 32.1 Å². The summed E-state index contributed by atoms with van der Waals surface area (Å²) in [6.07, 6.45) is 8.06. The highest BCUT2D eigenvalue weighted by Gasteiger charge is 2.14. The van der Waals surface area contributed by atoms with Crippen LogP contribution in [0.2, 0.25) is 0 Å². The van der Waals surface area contributed by atoms with Gasteiger partial charge < -0.3 is 5.32 Å². The van der Waals surface area contributed by atoms with Gasteiger partial charge in [0.05, 0.1) is 5.75 Å². The van der Waals surface area contributed by atoms with Crippen molar-refractivity contribution in [1.82, 2.24) is 9.62 Å². The zero-order valence-corrected chi connectivity index (χ0v) is 11.9. The van der Waals surface area contributed by atoms with Gasteiger partial charge in [-0.15, -0.1) is 0 Å². The summed E-state index contributed by atoms with van der Waals surface area (Å²) in [6, 6.07) is 0. The Morgan fingerprint density at radius 2 is 1.76 bits per heavy atom. The van der Waals surface area contributed by atoms with Gasteiger partial charge in [-0.2, -0.15) is 0 Å². The Hall–Kier alpha value is -0.130. The predicted octanol–water partition coefficient (Wildman–Crippen LogP) is 1.44. The summed E-state index contributed by atoms with van der Waals surface area (Å²) in [5.41, 5.74) is 0. The number of rotatable bonds is 7. The van der Waals surface area contributed by atoms with Crippen molar-refractivity contribution in [3.63, 3.8) is 0 Å². The molecule has 5 heteroatoms. The molecule has 102 valence electrons. The van der Waals surface area contributed by atoms with E-state index in [2.05, 4.69) is 5.32 Å². The Morgan fingerprint density at radius 3 is 2.35 bits per heavy atom. The maximum atomic E-state index is 11.5. The van der Waals surface area contributed by atoms with Gasteiger partial charge in [0.1, 0.15) is 0 Å². The fraction of sp³-hybridized carbons (Fsp3) is 1.00. The van der Waals surface area contributed by atoms with E-state index in [-0.39, 0.29) is 5.75 Å². The first-order valence-corrected chi connectivity index (χ1v) is 8.24. The second-order valence-electron chi connectivity index (χ2n) is 5.14. The summed E-state index contributed by atoms with van der Waals surface area (Å²) in [4.78, 5) is 0. The Labute approximate surface area is 106 Å². The molecule has 0 aromatic carbocycles. The third-order valence-electron chi connectivity index (χ3n) is 3.55. The highest BCUT2D eigenvalue weighted by atomic mass is 32.2. The van der Waals surface area contributed by atoms with Crippen LogP contribution in [0.1, 0.15) is 38.5 Å². The number of nitrogens with one attached hydrogen (secondary N) is 1. The van der Waals surface area contributed by atoms with Crippen molar-refractivity contribution in [2.75, 3.05) is 32.9 Å². The number of hydrogen-bond donors (Lipinski definition) is 1. The Bertz CT molecular complexity index is 296. The molecule has 1 rings (SSSR count). The van der Waals surface area contributed by atoms with Gasteiger partial charge in [0.15, 0.2) is 0 Å². The van der Waals surface area contributed by atoms with Crippen molar-refractivity contribution >= 4 is 10.0 Å². The molecule has 0 radical (unpaired) electrons. The summed E-state index contributed by atoms with van der Waals surface area (Å²) in [6.45, 7) is 1.51. The minimum absolute atomic E-state index is 0.199. The lowest BCUT2D eigenvalue weighted by Crippen LogP contribution is -2.32. The van der Waals surface area contributed by atoms with E-state index in [0.29, 0.717) is 6.54 Å². The zero-order valence-electron chi connectivity index (χ0n) is 11.1. The molecule has 0 atom stereocenters. The molecule has 1 aliphatic carbocycles. The van der Waals surface area contributed by atoms with Crippen LogP contribution >= 0.6 is 0 Å². The molecule has 0 unspecified atom stereocenters. The summed E-state index contributed by atoms with van der Waals surface area (Å²) in [5, 5.41) is 3.24. The molecule has 0 aromatic rings. The lowest BCUT2D eigenvalue weighted by Gasteiger charge is -2.21. The molecule has 0 heterocycles. The fourth-order valence-electron chi connectivity index (χ4n) is 2.29. The molecule has 1 aliphatic rings. The maximum Gasteiger partial charge on any atom is 0.214 e. The minimum atomic E-state index is -3.03. The number of sulfonamides is 1. The SMILES string of the molecule is CN(C)S(=O)(=O)CCNCCC1CCCCC1. The standard InChI is InChI=1S/C12H26N2O2S/c1-14(2)17(15,16)11-10-13-9-8-12-6-4-3-5-7-12/h12-13H,3-11H2,1-2H3. The molecule has 0 amide bonds. The minimum Gasteiger partial charge on any atom is -0.316 e. The predicted molar refractivity (Wildman–Crippen MR) is 71.5 cm³/mol. The smallest absolute Gasteiger partial charge is 0.214 e. The largest absolute Gasteiger partial charge is 0.316 e. The van der Waals surface area contributed by atoms with E-state index in [1.807, 2.05) is 0 Å². The van der Waals surface area contributed by atoms with Crippen molar-refractivity contribution < 1.29 is 8.42 Å². The highest BCUT2D eigenvalue weighted by Crippen LogP contribution is 2.25. The molecule has 0 bridgehead atoms. The normalized spacial score (nSPS) is 18.8. The van der Waals surface area contributed by atoms with Crippen molar-refractivity contribution in [2.24, 2.45) is 5.92 Å². The van der Waals surface area contributed by atoms with Crippen molar-refractivity contribution in [2.45, 2.75) is 38.5 Å². The Morgan fingerprint density at radius 1 is 1.12 bits per heavy atom. The third kappa shape index (κ3) is 5.84. The Balaban J connectivity index is 2.04. The second kappa shape index (κ2) is 7.34. The lowest BCUT2D eigenvalue weighted by molar-refractivity contribution is 0.335. The average molecular weight is 262 g/mol. The topological polar surface area (TPSA) is 49.4 Å². The quantitative estimate of drug-likeness (QED) is 0.706. The number of nitrogens with zero attached hydrogens (tertiary/aromatic N) is 1. The summed E-state index contributed by atoms with van der Waals surface area (Å²) < 4.78 is 24.2. The van der Waals surface area contributed by atoms with E-state index in [1.165, 1.54) is 42.8 Å². The van der Waals surface area contributed by atoms with E-state index in [1.54, 1.807) is 14.1 Å². The van der Waals surface area contributed by atoms with Crippen molar-refractivity contribution in [3.8, 4) is 0 Å². The summed E-state index contributed by atoms with van der Waals surface area (Å²) in [5.74, 6) is 1.06. The zero-order chi connectivity index (χ0) is 12.7. The van der Waals surface area contributed by atoms with Gasteiger partial charge in [0.25, 0.3) is 0 Å². The molecule has 0 spiro atoms. The average Bonchev–Trinajstić information content (AvgIpc) is 2.29. The van der Waals surface area contributed by atoms with Crippen LogP contribution in [0, 0.1) is 5.92 Å². The van der Waals surface area contributed by atoms with Crippen LogP contribution in [-0.4, -0.2) is 45.7 Å². The first-order chi connectivity index (χ1) is 8.02. The van der Waals surface area contributed by atoms with Gasteiger partial charge in [-0.05, 0) is 18.9 Å². The summed E-state index contributed by atoms with van der Waals surface area (Å²) >= 11 is 0. The number of hydrogen-bond acceptors (Lipinski definition) is 3. The van der Waals surface area contributed by atoms with Crippen LogP contribution in [0.25, 0.3) is 0 Å². The van der Waals surface area contributed by atoms with E-state index >= 15 is 0 Å². The first-order valence-electron chi connectivity index (χ1n) is 6.63. The van der Waals surface area contributed by atoms with E-state index < -0.39 is 10.0 Å². The van der Waals surface area contributed by atoms with Crippen molar-refractivity contribution in [1.29, 1.82) is 0 Å². The molecule has 0 saturated heterocycles. The van der Waals surface area contributed by atoms with Gasteiger partial charge in [0.2, 0.25) is 10.0 Å². The van der Waals surface area contributed by atoms with E-state index in [0.717, 1.165) is 12.5 Å². The third-order valence-corrected chi connectivity index (χ3v) is 5.38. The van der Waals surface area contributed by atoms with Gasteiger partial charge in [0, 0.05) is 20.6 Å². The van der Waals surface area contributed by atoms with Crippen LogP contribution < -0.4 is 5.32 Å². The first kappa shape index (κ1) is 14.9. The fourth-order valence-corrected chi connectivity index (χ4v) is 3.06. The van der Waals surface area contributed by atoms with Crippen LogP contribution in [0.4, 0.5) is 0 Å². The molecule has 1 N–H and O–H groups in total. The van der Waals surface area contributed by atoms with E-state index in [9.17, 15) is 8.42 Å². The van der Waals surface area contributed by atoms with E-state index in [4.69, 9.17) is 0 Å². The highest BCUT2D eigenvalue weighted by molar-refractivity contribution is 7.89. The van der Waals surface area contributed by atoms with Gasteiger partial charge >= 0.3 is 0 Å². The van der Waals surface area contributed by atoms with Crippen LogP contribution in [0.15, 0.2) is 0 Å². The summed E-state index contributed by atoms with van der Waals surface area (Å²) in [7, 11) is 0.129.